The van der Waals surface area contributed by atoms with Crippen molar-refractivity contribution in [2.75, 3.05) is 39.3 Å². The van der Waals surface area contributed by atoms with Crippen molar-refractivity contribution in [1.82, 2.24) is 15.1 Å². The van der Waals surface area contributed by atoms with Crippen LogP contribution in [-0.4, -0.2) is 72.4 Å². The molecule has 0 aliphatic carbocycles. The molecule has 2 fully saturated rings. The molecule has 0 unspecified atom stereocenters. The van der Waals surface area contributed by atoms with E-state index in [-0.39, 0.29) is 6.03 Å². The number of nitrogens with zero attached hydrogens (tertiary/aromatic N) is 2. The van der Waals surface area contributed by atoms with Crippen LogP contribution >= 0.6 is 0 Å². The van der Waals surface area contributed by atoms with E-state index in [0.29, 0.717) is 25.8 Å². The summed E-state index contributed by atoms with van der Waals surface area (Å²) < 4.78 is 5.60. The predicted octanol–water partition coefficient (Wildman–Crippen LogP) is 1.05. The number of carbonyl (C=O) groups excluding carboxylic acids is 1. The molecule has 6 nitrogen and oxygen atoms in total. The molecule has 2 amide bonds. The standard InChI is InChI=1S/C18H27N3O3/c22-17(14-24-13-15-4-2-1-3-5-15)12-20-9-6-16(7-10-20)21-11-8-19-18(21)23/h1-5,16-17,22H,6-14H2,(H,19,23)/t17-/m1/s1. The number of hydrogen-bond acceptors (Lipinski definition) is 4. The minimum atomic E-state index is -0.472. The molecule has 0 radical (unpaired) electrons. The average molecular weight is 333 g/mol. The predicted molar refractivity (Wildman–Crippen MR) is 91.7 cm³/mol. The van der Waals surface area contributed by atoms with Gasteiger partial charge >= 0.3 is 6.03 Å². The van der Waals surface area contributed by atoms with Gasteiger partial charge in [0, 0.05) is 38.8 Å². The molecule has 24 heavy (non-hydrogen) atoms. The third kappa shape index (κ3) is 4.69. The van der Waals surface area contributed by atoms with Gasteiger partial charge in [-0.25, -0.2) is 4.79 Å². The van der Waals surface area contributed by atoms with Crippen molar-refractivity contribution >= 4 is 6.03 Å². The van der Waals surface area contributed by atoms with Crippen LogP contribution in [0, 0.1) is 0 Å². The van der Waals surface area contributed by atoms with Crippen LogP contribution in [0.15, 0.2) is 30.3 Å². The van der Waals surface area contributed by atoms with Gasteiger partial charge in [-0.1, -0.05) is 30.3 Å². The Hall–Kier alpha value is -1.63. The molecular formula is C18H27N3O3. The first-order valence-corrected chi connectivity index (χ1v) is 8.79. The normalized spacial score (nSPS) is 21.0. The highest BCUT2D eigenvalue weighted by Gasteiger charge is 2.30. The number of β-amino-alcohol motifs (C(OH)–C–C–N with tert-alkyl or cyclic N) is 1. The molecule has 6 heteroatoms. The number of ether oxygens (including phenoxy) is 1. The first-order chi connectivity index (χ1) is 11.7. The van der Waals surface area contributed by atoms with Crippen LogP contribution in [0.4, 0.5) is 4.79 Å². The fourth-order valence-electron chi connectivity index (χ4n) is 3.49. The van der Waals surface area contributed by atoms with Crippen molar-refractivity contribution < 1.29 is 14.6 Å². The second-order valence-corrected chi connectivity index (χ2v) is 6.61. The number of likely N-dealkylation sites (tertiary alicyclic amines) is 1. The van der Waals surface area contributed by atoms with Crippen molar-refractivity contribution in [3.8, 4) is 0 Å². The smallest absolute Gasteiger partial charge is 0.317 e. The third-order valence-electron chi connectivity index (χ3n) is 4.78. The number of benzene rings is 1. The molecule has 132 valence electrons. The van der Waals surface area contributed by atoms with E-state index in [2.05, 4.69) is 10.2 Å². The van der Waals surface area contributed by atoms with Crippen molar-refractivity contribution in [2.24, 2.45) is 0 Å². The first-order valence-electron chi connectivity index (χ1n) is 8.79. The number of carbonyl (C=O) groups is 1. The van der Waals surface area contributed by atoms with Gasteiger partial charge in [0.15, 0.2) is 0 Å². The molecule has 2 heterocycles. The van der Waals surface area contributed by atoms with Gasteiger partial charge in [-0.05, 0) is 18.4 Å². The summed E-state index contributed by atoms with van der Waals surface area (Å²) in [6.45, 7) is 4.94. The van der Waals surface area contributed by atoms with Crippen molar-refractivity contribution in [2.45, 2.75) is 31.6 Å². The minimum Gasteiger partial charge on any atom is -0.389 e. The molecule has 0 saturated carbocycles. The summed E-state index contributed by atoms with van der Waals surface area (Å²) in [7, 11) is 0. The lowest BCUT2D eigenvalue weighted by atomic mass is 10.0. The van der Waals surface area contributed by atoms with Crippen LogP contribution in [-0.2, 0) is 11.3 Å². The number of amides is 2. The fourth-order valence-corrected chi connectivity index (χ4v) is 3.49. The summed E-state index contributed by atoms with van der Waals surface area (Å²) in [6, 6.07) is 10.4. The van der Waals surface area contributed by atoms with Gasteiger partial charge in [0.05, 0.1) is 19.3 Å². The molecule has 2 aliphatic heterocycles. The molecule has 3 rings (SSSR count). The van der Waals surface area contributed by atoms with E-state index in [1.165, 1.54) is 0 Å². The molecule has 0 spiro atoms. The zero-order valence-electron chi connectivity index (χ0n) is 14.1. The average Bonchev–Trinajstić information content (AvgIpc) is 3.03. The highest BCUT2D eigenvalue weighted by atomic mass is 16.5. The second-order valence-electron chi connectivity index (χ2n) is 6.61. The molecule has 1 aromatic rings. The summed E-state index contributed by atoms with van der Waals surface area (Å²) in [5.74, 6) is 0. The molecule has 0 aromatic heterocycles. The Morgan fingerprint density at radius 1 is 1.21 bits per heavy atom. The van der Waals surface area contributed by atoms with Crippen LogP contribution in [0.5, 0.6) is 0 Å². The van der Waals surface area contributed by atoms with Crippen LogP contribution in [0.3, 0.4) is 0 Å². The van der Waals surface area contributed by atoms with E-state index in [1.54, 1.807) is 0 Å². The van der Waals surface area contributed by atoms with E-state index in [0.717, 1.165) is 44.6 Å². The van der Waals surface area contributed by atoms with E-state index in [4.69, 9.17) is 4.74 Å². The Bertz CT molecular complexity index is 518. The lowest BCUT2D eigenvalue weighted by Gasteiger charge is -2.36. The second kappa shape index (κ2) is 8.46. The zero-order valence-corrected chi connectivity index (χ0v) is 14.1. The largest absolute Gasteiger partial charge is 0.389 e. The highest BCUT2D eigenvalue weighted by molar-refractivity contribution is 5.76. The van der Waals surface area contributed by atoms with Gasteiger partial charge in [-0.3, -0.25) is 0 Å². The topological polar surface area (TPSA) is 65.0 Å². The number of aliphatic hydroxyl groups is 1. The zero-order chi connectivity index (χ0) is 16.8. The minimum absolute atomic E-state index is 0.0720. The maximum atomic E-state index is 11.7. The number of hydrogen-bond donors (Lipinski definition) is 2. The van der Waals surface area contributed by atoms with Gasteiger partial charge in [-0.15, -0.1) is 0 Å². The number of nitrogens with one attached hydrogen (secondary N) is 1. The number of rotatable bonds is 7. The van der Waals surface area contributed by atoms with E-state index >= 15 is 0 Å². The van der Waals surface area contributed by atoms with Crippen LogP contribution in [0.25, 0.3) is 0 Å². The summed E-state index contributed by atoms with van der Waals surface area (Å²) in [5, 5.41) is 13.0. The van der Waals surface area contributed by atoms with Gasteiger partial charge in [0.2, 0.25) is 0 Å². The van der Waals surface area contributed by atoms with E-state index in [1.807, 2.05) is 35.2 Å². The van der Waals surface area contributed by atoms with Crippen molar-refractivity contribution in [3.05, 3.63) is 35.9 Å². The first kappa shape index (κ1) is 17.2. The Labute approximate surface area is 143 Å². The molecule has 0 bridgehead atoms. The molecule has 2 aliphatic rings. The number of piperidine rings is 1. The van der Waals surface area contributed by atoms with Gasteiger partial charge in [-0.2, -0.15) is 0 Å². The van der Waals surface area contributed by atoms with Crippen LogP contribution < -0.4 is 5.32 Å². The number of aliphatic hydroxyl groups excluding tert-OH is 1. The SMILES string of the molecule is O=C1NCCN1C1CCN(C[C@@H](O)COCc2ccccc2)CC1. The summed E-state index contributed by atoms with van der Waals surface area (Å²) >= 11 is 0. The lowest BCUT2D eigenvalue weighted by molar-refractivity contribution is 0.00344. The molecule has 1 atom stereocenters. The lowest BCUT2D eigenvalue weighted by Crippen LogP contribution is -2.48. The summed E-state index contributed by atoms with van der Waals surface area (Å²) in [4.78, 5) is 15.9. The van der Waals surface area contributed by atoms with Crippen LogP contribution in [0.1, 0.15) is 18.4 Å². The van der Waals surface area contributed by atoms with Crippen LogP contribution in [0.2, 0.25) is 0 Å². The van der Waals surface area contributed by atoms with E-state index in [9.17, 15) is 9.90 Å². The monoisotopic (exact) mass is 333 g/mol. The van der Waals surface area contributed by atoms with Gasteiger partial charge in [0.1, 0.15) is 0 Å². The maximum absolute atomic E-state index is 11.7. The molecule has 1 aromatic carbocycles. The van der Waals surface area contributed by atoms with Gasteiger partial charge in [0.25, 0.3) is 0 Å². The molecule has 2 N–H and O–H groups in total. The van der Waals surface area contributed by atoms with Gasteiger partial charge < -0.3 is 25.0 Å². The molecule has 2 saturated heterocycles. The summed E-state index contributed by atoms with van der Waals surface area (Å²) in [6.07, 6.45) is 1.48. The Morgan fingerprint density at radius 3 is 2.62 bits per heavy atom. The third-order valence-corrected chi connectivity index (χ3v) is 4.78. The van der Waals surface area contributed by atoms with Crippen molar-refractivity contribution in [3.63, 3.8) is 0 Å². The van der Waals surface area contributed by atoms with E-state index < -0.39 is 6.10 Å². The number of urea groups is 1. The Balaban J connectivity index is 1.33. The highest BCUT2D eigenvalue weighted by Crippen LogP contribution is 2.18. The van der Waals surface area contributed by atoms with Crippen molar-refractivity contribution in [1.29, 1.82) is 0 Å². The Kier molecular flexibility index (Phi) is 6.07. The summed E-state index contributed by atoms with van der Waals surface area (Å²) in [5.41, 5.74) is 1.12. The molecular weight excluding hydrogens is 306 g/mol. The fraction of sp³-hybridized carbons (Fsp3) is 0.611. The Morgan fingerprint density at radius 2 is 1.96 bits per heavy atom. The quantitative estimate of drug-likeness (QED) is 0.783. The maximum Gasteiger partial charge on any atom is 0.317 e.